The van der Waals surface area contributed by atoms with E-state index in [2.05, 4.69) is 12.2 Å². The van der Waals surface area contributed by atoms with Gasteiger partial charge in [0.15, 0.2) is 0 Å². The number of carbonyl (C=O) groups is 1. The van der Waals surface area contributed by atoms with Gasteiger partial charge in [0.25, 0.3) is 0 Å². The Morgan fingerprint density at radius 2 is 1.23 bits per heavy atom. The number of rotatable bonds is 19. The fourth-order valence-corrected chi connectivity index (χ4v) is 3.19. The summed E-state index contributed by atoms with van der Waals surface area (Å²) in [5.41, 5.74) is -1.07. The highest BCUT2D eigenvalue weighted by Gasteiger charge is 2.30. The van der Waals surface area contributed by atoms with Crippen LogP contribution in [0.3, 0.4) is 0 Å². The standard InChI is InChI=1S/C21H43NO4/c1-3-4-5-6-7-8-9-10-11-12-13-14-15-16-20(25)22-21(17-23,18-24)19-26-2/h23-24H,3-19H2,1-2H3,(H,22,25). The average molecular weight is 374 g/mol. The zero-order valence-corrected chi connectivity index (χ0v) is 17.2. The number of ether oxygens (including phenoxy) is 1. The Balaban J connectivity index is 3.50. The summed E-state index contributed by atoms with van der Waals surface area (Å²) in [6.07, 6.45) is 17.0. The van der Waals surface area contributed by atoms with Gasteiger partial charge < -0.3 is 20.3 Å². The minimum Gasteiger partial charge on any atom is -0.394 e. The van der Waals surface area contributed by atoms with Crippen LogP contribution in [0.1, 0.15) is 96.8 Å². The van der Waals surface area contributed by atoms with Crippen molar-refractivity contribution < 1.29 is 19.7 Å². The molecule has 0 rings (SSSR count). The number of aliphatic hydroxyl groups excluding tert-OH is 2. The first kappa shape index (κ1) is 25.4. The number of aliphatic hydroxyl groups is 2. The maximum Gasteiger partial charge on any atom is 0.220 e. The van der Waals surface area contributed by atoms with E-state index < -0.39 is 5.54 Å². The SMILES string of the molecule is CCCCCCCCCCCCCCCC(=O)NC(CO)(CO)COC. The summed E-state index contributed by atoms with van der Waals surface area (Å²) in [5, 5.41) is 21.5. The molecule has 3 N–H and O–H groups in total. The summed E-state index contributed by atoms with van der Waals surface area (Å²) in [6, 6.07) is 0. The van der Waals surface area contributed by atoms with E-state index >= 15 is 0 Å². The van der Waals surface area contributed by atoms with Crippen molar-refractivity contribution in [1.82, 2.24) is 5.32 Å². The van der Waals surface area contributed by atoms with Gasteiger partial charge in [0.2, 0.25) is 5.91 Å². The lowest BCUT2D eigenvalue weighted by Crippen LogP contribution is -2.57. The van der Waals surface area contributed by atoms with Crippen molar-refractivity contribution in [3.8, 4) is 0 Å². The number of amides is 1. The molecule has 0 saturated carbocycles. The van der Waals surface area contributed by atoms with E-state index in [1.807, 2.05) is 0 Å². The van der Waals surface area contributed by atoms with Gasteiger partial charge in [0, 0.05) is 13.5 Å². The topological polar surface area (TPSA) is 78.8 Å². The summed E-state index contributed by atoms with van der Waals surface area (Å²) in [4.78, 5) is 12.0. The number of hydrogen-bond acceptors (Lipinski definition) is 4. The van der Waals surface area contributed by atoms with Gasteiger partial charge in [0.1, 0.15) is 5.54 Å². The van der Waals surface area contributed by atoms with Crippen molar-refractivity contribution in [2.24, 2.45) is 0 Å². The van der Waals surface area contributed by atoms with E-state index in [-0.39, 0.29) is 25.7 Å². The molecule has 0 bridgehead atoms. The summed E-state index contributed by atoms with van der Waals surface area (Å²) >= 11 is 0. The fraction of sp³-hybridized carbons (Fsp3) is 0.952. The maximum absolute atomic E-state index is 12.0. The molecule has 0 aliphatic heterocycles. The van der Waals surface area contributed by atoms with Crippen LogP contribution in [0.5, 0.6) is 0 Å². The van der Waals surface area contributed by atoms with Gasteiger partial charge in [-0.3, -0.25) is 4.79 Å². The molecule has 0 aromatic carbocycles. The van der Waals surface area contributed by atoms with E-state index in [9.17, 15) is 15.0 Å². The smallest absolute Gasteiger partial charge is 0.220 e. The van der Waals surface area contributed by atoms with Crippen molar-refractivity contribution in [2.45, 2.75) is 102 Å². The molecular weight excluding hydrogens is 330 g/mol. The molecule has 0 unspecified atom stereocenters. The normalized spacial score (nSPS) is 11.7. The van der Waals surface area contributed by atoms with Crippen LogP contribution in [-0.4, -0.2) is 48.6 Å². The van der Waals surface area contributed by atoms with Crippen LogP contribution in [-0.2, 0) is 9.53 Å². The number of carbonyl (C=O) groups excluding carboxylic acids is 1. The largest absolute Gasteiger partial charge is 0.394 e. The zero-order chi connectivity index (χ0) is 19.5. The highest BCUT2D eigenvalue weighted by atomic mass is 16.5. The van der Waals surface area contributed by atoms with Crippen LogP contribution in [0.15, 0.2) is 0 Å². The zero-order valence-electron chi connectivity index (χ0n) is 17.2. The Kier molecular flexibility index (Phi) is 17.3. The molecule has 0 heterocycles. The Morgan fingerprint density at radius 1 is 0.808 bits per heavy atom. The Bertz CT molecular complexity index is 319. The van der Waals surface area contributed by atoms with Crippen LogP contribution in [0.2, 0.25) is 0 Å². The molecule has 0 radical (unpaired) electrons. The van der Waals surface area contributed by atoms with E-state index in [0.717, 1.165) is 12.8 Å². The molecule has 0 aliphatic rings. The van der Waals surface area contributed by atoms with Gasteiger partial charge in [-0.1, -0.05) is 84.0 Å². The lowest BCUT2D eigenvalue weighted by molar-refractivity contribution is -0.125. The van der Waals surface area contributed by atoms with E-state index in [1.54, 1.807) is 0 Å². The van der Waals surface area contributed by atoms with Crippen molar-refractivity contribution in [1.29, 1.82) is 0 Å². The molecule has 0 aromatic rings. The molecule has 0 aliphatic carbocycles. The molecule has 156 valence electrons. The van der Waals surface area contributed by atoms with Crippen LogP contribution in [0.4, 0.5) is 0 Å². The van der Waals surface area contributed by atoms with Crippen LogP contribution in [0, 0.1) is 0 Å². The second-order valence-corrected chi connectivity index (χ2v) is 7.57. The predicted molar refractivity (Wildman–Crippen MR) is 107 cm³/mol. The molecule has 26 heavy (non-hydrogen) atoms. The third kappa shape index (κ3) is 13.5. The van der Waals surface area contributed by atoms with E-state index in [0.29, 0.717) is 6.42 Å². The minimum atomic E-state index is -1.07. The van der Waals surface area contributed by atoms with Crippen molar-refractivity contribution in [3.63, 3.8) is 0 Å². The van der Waals surface area contributed by atoms with Crippen molar-refractivity contribution in [2.75, 3.05) is 26.9 Å². The Morgan fingerprint density at radius 3 is 1.62 bits per heavy atom. The number of unbranched alkanes of at least 4 members (excludes halogenated alkanes) is 12. The number of methoxy groups -OCH3 is 1. The predicted octanol–water partition coefficient (Wildman–Crippen LogP) is 3.95. The molecular formula is C21H43NO4. The molecule has 0 fully saturated rings. The highest BCUT2D eigenvalue weighted by Crippen LogP contribution is 2.13. The van der Waals surface area contributed by atoms with Gasteiger partial charge >= 0.3 is 0 Å². The van der Waals surface area contributed by atoms with E-state index in [1.165, 1.54) is 77.7 Å². The third-order valence-corrected chi connectivity index (χ3v) is 4.94. The molecule has 0 atom stereocenters. The van der Waals surface area contributed by atoms with Gasteiger partial charge in [0.05, 0.1) is 19.8 Å². The highest BCUT2D eigenvalue weighted by molar-refractivity contribution is 5.76. The van der Waals surface area contributed by atoms with Crippen molar-refractivity contribution >= 4 is 5.91 Å². The first-order chi connectivity index (χ1) is 12.6. The Hall–Kier alpha value is -0.650. The summed E-state index contributed by atoms with van der Waals surface area (Å²) in [5.74, 6) is -0.131. The Labute approximate surface area is 160 Å². The second kappa shape index (κ2) is 17.7. The molecule has 0 saturated heterocycles. The summed E-state index contributed by atoms with van der Waals surface area (Å²) in [6.45, 7) is 1.69. The number of hydrogen-bond donors (Lipinski definition) is 3. The van der Waals surface area contributed by atoms with Gasteiger partial charge in [-0.25, -0.2) is 0 Å². The van der Waals surface area contributed by atoms with Crippen molar-refractivity contribution in [3.05, 3.63) is 0 Å². The first-order valence-corrected chi connectivity index (χ1v) is 10.7. The van der Waals surface area contributed by atoms with Gasteiger partial charge in [-0.05, 0) is 6.42 Å². The molecule has 5 nitrogen and oxygen atoms in total. The molecule has 0 spiro atoms. The van der Waals surface area contributed by atoms with E-state index in [4.69, 9.17) is 4.74 Å². The second-order valence-electron chi connectivity index (χ2n) is 7.57. The molecule has 5 heteroatoms. The lowest BCUT2D eigenvalue weighted by Gasteiger charge is -2.30. The summed E-state index contributed by atoms with van der Waals surface area (Å²) < 4.78 is 4.98. The minimum absolute atomic E-state index is 0.102. The van der Waals surface area contributed by atoms with Crippen LogP contribution >= 0.6 is 0 Å². The lowest BCUT2D eigenvalue weighted by atomic mass is 10.0. The van der Waals surface area contributed by atoms with Gasteiger partial charge in [-0.2, -0.15) is 0 Å². The third-order valence-electron chi connectivity index (χ3n) is 4.94. The number of nitrogens with one attached hydrogen (secondary N) is 1. The van der Waals surface area contributed by atoms with Crippen LogP contribution in [0.25, 0.3) is 0 Å². The average Bonchev–Trinajstić information content (AvgIpc) is 2.65. The monoisotopic (exact) mass is 373 g/mol. The first-order valence-electron chi connectivity index (χ1n) is 10.7. The fourth-order valence-electron chi connectivity index (χ4n) is 3.19. The molecule has 0 aromatic heterocycles. The molecule has 1 amide bonds. The summed E-state index contributed by atoms with van der Waals surface area (Å²) in [7, 11) is 1.48. The quantitative estimate of drug-likeness (QED) is 0.300. The maximum atomic E-state index is 12.0. The van der Waals surface area contributed by atoms with Crippen LogP contribution < -0.4 is 5.32 Å². The van der Waals surface area contributed by atoms with Gasteiger partial charge in [-0.15, -0.1) is 0 Å².